The van der Waals surface area contributed by atoms with Crippen LogP contribution in [0.2, 0.25) is 0 Å². The number of amides is 2. The maximum absolute atomic E-state index is 12.6. The largest absolute Gasteiger partial charge is 0.378 e. The second-order valence-corrected chi connectivity index (χ2v) is 7.67. The minimum Gasteiger partial charge on any atom is -0.378 e. The molecular weight excluding hydrogens is 310 g/mol. The summed E-state index contributed by atoms with van der Waals surface area (Å²) < 4.78 is 5.29. The van der Waals surface area contributed by atoms with Crippen LogP contribution in [0.3, 0.4) is 0 Å². The highest BCUT2D eigenvalue weighted by atomic mass is 32.2. The fourth-order valence-corrected chi connectivity index (χ4v) is 4.59. The van der Waals surface area contributed by atoms with Gasteiger partial charge in [-0.15, -0.1) is 0 Å². The number of urea groups is 1. The lowest BCUT2D eigenvalue weighted by Gasteiger charge is -2.45. The topological polar surface area (TPSA) is 53.1 Å². The van der Waals surface area contributed by atoms with Crippen LogP contribution < -0.4 is 0 Å². The first-order chi connectivity index (χ1) is 10.1. The van der Waals surface area contributed by atoms with E-state index in [0.717, 1.165) is 13.1 Å². The van der Waals surface area contributed by atoms with Crippen molar-refractivity contribution < 1.29 is 14.3 Å². The van der Waals surface area contributed by atoms with Crippen LogP contribution in [0.5, 0.6) is 0 Å². The number of hydrogen-bond donors (Lipinski definition) is 0. The number of hydrogen-bond acceptors (Lipinski definition) is 6. The summed E-state index contributed by atoms with van der Waals surface area (Å²) in [6.07, 6.45) is 1.86. The van der Waals surface area contributed by atoms with E-state index < -0.39 is 0 Å². The van der Waals surface area contributed by atoms with Gasteiger partial charge in [0.05, 0.1) is 13.2 Å². The lowest BCUT2D eigenvalue weighted by atomic mass is 10.2. The minimum absolute atomic E-state index is 0.0316. The molecule has 3 rings (SSSR count). The summed E-state index contributed by atoms with van der Waals surface area (Å²) in [7, 11) is 0. The number of carbonyl (C=O) groups is 2. The van der Waals surface area contributed by atoms with Gasteiger partial charge in [0.15, 0.2) is 5.12 Å². The lowest BCUT2D eigenvalue weighted by Crippen LogP contribution is -2.59. The monoisotopic (exact) mass is 329 g/mol. The summed E-state index contributed by atoms with van der Waals surface area (Å²) in [5.74, 6) is 0. The van der Waals surface area contributed by atoms with E-state index in [4.69, 9.17) is 4.74 Å². The summed E-state index contributed by atoms with van der Waals surface area (Å²) in [6, 6.07) is 0.0484. The van der Waals surface area contributed by atoms with Gasteiger partial charge in [-0.3, -0.25) is 14.6 Å². The SMILES string of the molecule is CC(=O)SC1CN(C2SC=CN2C(=O)N2CCOCC2)C1. The fourth-order valence-electron chi connectivity index (χ4n) is 2.61. The molecule has 3 aliphatic rings. The van der Waals surface area contributed by atoms with Crippen LogP contribution in [0, 0.1) is 0 Å². The van der Waals surface area contributed by atoms with Gasteiger partial charge in [0.25, 0.3) is 0 Å². The molecular formula is C13H19N3O3S2. The molecule has 21 heavy (non-hydrogen) atoms. The number of ether oxygens (including phenoxy) is 1. The quantitative estimate of drug-likeness (QED) is 0.759. The van der Waals surface area contributed by atoms with Gasteiger partial charge in [0, 0.05) is 44.6 Å². The van der Waals surface area contributed by atoms with Crippen LogP contribution >= 0.6 is 23.5 Å². The molecule has 0 aliphatic carbocycles. The van der Waals surface area contributed by atoms with Crippen LogP contribution in [-0.2, 0) is 9.53 Å². The van der Waals surface area contributed by atoms with Gasteiger partial charge in [-0.05, 0) is 5.41 Å². The van der Waals surface area contributed by atoms with Crippen molar-refractivity contribution in [3.8, 4) is 0 Å². The maximum atomic E-state index is 12.6. The zero-order valence-corrected chi connectivity index (χ0v) is 13.6. The Kier molecular flexibility index (Phi) is 4.78. The molecule has 3 aliphatic heterocycles. The normalized spacial score (nSPS) is 27.0. The van der Waals surface area contributed by atoms with Crippen LogP contribution in [0.15, 0.2) is 11.6 Å². The lowest BCUT2D eigenvalue weighted by molar-refractivity contribution is -0.109. The van der Waals surface area contributed by atoms with Crippen LogP contribution in [0.25, 0.3) is 0 Å². The number of thioether (sulfide) groups is 2. The molecule has 0 saturated carbocycles. The van der Waals surface area contributed by atoms with Crippen molar-refractivity contribution in [3.05, 3.63) is 11.6 Å². The third-order valence-corrected chi connectivity index (χ3v) is 5.69. The zero-order valence-electron chi connectivity index (χ0n) is 11.9. The van der Waals surface area contributed by atoms with Crippen molar-refractivity contribution in [2.24, 2.45) is 0 Å². The summed E-state index contributed by atoms with van der Waals surface area (Å²) in [4.78, 5) is 29.5. The first-order valence-corrected chi connectivity index (χ1v) is 8.86. The molecule has 0 aromatic carbocycles. The van der Waals surface area contributed by atoms with Crippen LogP contribution in [0.4, 0.5) is 4.79 Å². The van der Waals surface area contributed by atoms with E-state index in [1.165, 1.54) is 11.8 Å². The molecule has 116 valence electrons. The van der Waals surface area contributed by atoms with Gasteiger partial charge in [-0.2, -0.15) is 0 Å². The molecule has 0 aromatic rings. The van der Waals surface area contributed by atoms with E-state index >= 15 is 0 Å². The third kappa shape index (κ3) is 3.39. The highest BCUT2D eigenvalue weighted by Gasteiger charge is 2.40. The first kappa shape index (κ1) is 15.2. The zero-order chi connectivity index (χ0) is 14.8. The predicted octanol–water partition coefficient (Wildman–Crippen LogP) is 1.21. The standard InChI is InChI=1S/C13H19N3O3S2/c1-10(17)21-11-8-15(9-11)13-16(4-7-20-13)12(18)14-2-5-19-6-3-14/h4,7,11,13H,2-3,5-6,8-9H2,1H3. The summed E-state index contributed by atoms with van der Waals surface area (Å²) in [5, 5.41) is 2.50. The van der Waals surface area contributed by atoms with Crippen LogP contribution in [0.1, 0.15) is 6.92 Å². The Labute approximate surface area is 132 Å². The second-order valence-electron chi connectivity index (χ2n) is 5.22. The van der Waals surface area contributed by atoms with E-state index in [2.05, 4.69) is 4.90 Å². The fraction of sp³-hybridized carbons (Fsp3) is 0.692. The van der Waals surface area contributed by atoms with E-state index in [-0.39, 0.29) is 16.6 Å². The Morgan fingerprint density at radius 3 is 2.67 bits per heavy atom. The molecule has 3 heterocycles. The van der Waals surface area contributed by atoms with Gasteiger partial charge in [0.1, 0.15) is 5.50 Å². The molecule has 0 radical (unpaired) electrons. The molecule has 0 N–H and O–H groups in total. The molecule has 0 bridgehead atoms. The van der Waals surface area contributed by atoms with Gasteiger partial charge in [-0.25, -0.2) is 4.79 Å². The van der Waals surface area contributed by atoms with E-state index in [9.17, 15) is 9.59 Å². The molecule has 6 nitrogen and oxygen atoms in total. The van der Waals surface area contributed by atoms with Crippen molar-refractivity contribution in [3.63, 3.8) is 0 Å². The Hall–Kier alpha value is -0.700. The summed E-state index contributed by atoms with van der Waals surface area (Å²) in [6.45, 7) is 5.86. The number of nitrogens with zero attached hydrogens (tertiary/aromatic N) is 3. The minimum atomic E-state index is 0.0316. The number of morpholine rings is 1. The van der Waals surface area contributed by atoms with Gasteiger partial charge >= 0.3 is 6.03 Å². The van der Waals surface area contributed by atoms with Crippen LogP contribution in [-0.4, -0.2) is 76.0 Å². The number of carbonyl (C=O) groups excluding carboxylic acids is 2. The Bertz CT molecular complexity index is 448. The van der Waals surface area contributed by atoms with Gasteiger partial charge < -0.3 is 9.64 Å². The molecule has 2 amide bonds. The highest BCUT2D eigenvalue weighted by molar-refractivity contribution is 8.14. The molecule has 0 aromatic heterocycles. The summed E-state index contributed by atoms with van der Waals surface area (Å²) in [5.41, 5.74) is 0.0316. The van der Waals surface area contributed by atoms with Gasteiger partial charge in [0.2, 0.25) is 0 Å². The smallest absolute Gasteiger partial charge is 0.326 e. The molecule has 0 spiro atoms. The highest BCUT2D eigenvalue weighted by Crippen LogP contribution is 2.35. The van der Waals surface area contributed by atoms with Gasteiger partial charge in [-0.1, -0.05) is 23.5 Å². The van der Waals surface area contributed by atoms with E-state index in [1.54, 1.807) is 23.6 Å². The Balaban J connectivity index is 1.54. The predicted molar refractivity (Wildman–Crippen MR) is 83.8 cm³/mol. The first-order valence-electron chi connectivity index (χ1n) is 7.03. The van der Waals surface area contributed by atoms with E-state index in [0.29, 0.717) is 31.6 Å². The van der Waals surface area contributed by atoms with Crippen molar-refractivity contribution in [1.82, 2.24) is 14.7 Å². The Morgan fingerprint density at radius 1 is 1.29 bits per heavy atom. The maximum Gasteiger partial charge on any atom is 0.326 e. The average molecular weight is 329 g/mol. The van der Waals surface area contributed by atoms with Crippen molar-refractivity contribution in [1.29, 1.82) is 0 Å². The van der Waals surface area contributed by atoms with Crippen molar-refractivity contribution in [2.45, 2.75) is 17.7 Å². The Morgan fingerprint density at radius 2 is 2.00 bits per heavy atom. The second kappa shape index (κ2) is 6.60. The third-order valence-electron chi connectivity index (χ3n) is 3.68. The summed E-state index contributed by atoms with van der Waals surface area (Å²) >= 11 is 3.05. The molecule has 1 atom stereocenters. The molecule has 2 fully saturated rings. The van der Waals surface area contributed by atoms with Crippen molar-refractivity contribution in [2.75, 3.05) is 39.4 Å². The molecule has 1 unspecified atom stereocenters. The van der Waals surface area contributed by atoms with E-state index in [1.807, 2.05) is 16.5 Å². The van der Waals surface area contributed by atoms with Crippen molar-refractivity contribution >= 4 is 34.7 Å². The molecule has 8 heteroatoms. The average Bonchev–Trinajstić information content (AvgIpc) is 2.91. The number of likely N-dealkylation sites (tertiary alicyclic amines) is 1. The number of rotatable bonds is 2. The molecule has 2 saturated heterocycles.